The monoisotopic (exact) mass is 302 g/mol. The second kappa shape index (κ2) is 6.66. The molecule has 0 radical (unpaired) electrons. The summed E-state index contributed by atoms with van der Waals surface area (Å²) >= 11 is 0. The second-order valence-corrected chi connectivity index (χ2v) is 5.57. The van der Waals surface area contributed by atoms with Crippen molar-refractivity contribution in [1.82, 2.24) is 10.4 Å². The summed E-state index contributed by atoms with van der Waals surface area (Å²) in [4.78, 5) is 0. The van der Waals surface area contributed by atoms with Gasteiger partial charge in [-0.1, -0.05) is 18.6 Å². The highest BCUT2D eigenvalue weighted by Gasteiger charge is 2.31. The molecule has 118 valence electrons. The molecule has 1 fully saturated rings. The van der Waals surface area contributed by atoms with E-state index >= 15 is 0 Å². The van der Waals surface area contributed by atoms with Crippen molar-refractivity contribution in [2.24, 2.45) is 0 Å². The SMILES string of the molecule is CC1CCCC(C)N1NCc1cccc(OC(F)(F)F)c1. The van der Waals surface area contributed by atoms with Gasteiger partial charge in [-0.05, 0) is 44.4 Å². The first-order chi connectivity index (χ1) is 9.85. The summed E-state index contributed by atoms with van der Waals surface area (Å²) in [6, 6.07) is 6.95. The second-order valence-electron chi connectivity index (χ2n) is 5.57. The van der Waals surface area contributed by atoms with Gasteiger partial charge < -0.3 is 4.74 Å². The molecule has 2 rings (SSSR count). The van der Waals surface area contributed by atoms with E-state index in [1.807, 2.05) is 0 Å². The molecule has 3 nitrogen and oxygen atoms in total. The number of alkyl halides is 3. The molecule has 0 bridgehead atoms. The third-order valence-electron chi connectivity index (χ3n) is 3.79. The van der Waals surface area contributed by atoms with Crippen molar-refractivity contribution in [3.8, 4) is 5.75 Å². The Morgan fingerprint density at radius 2 is 1.90 bits per heavy atom. The van der Waals surface area contributed by atoms with E-state index in [1.165, 1.54) is 18.6 Å². The highest BCUT2D eigenvalue weighted by molar-refractivity contribution is 5.28. The summed E-state index contributed by atoms with van der Waals surface area (Å²) in [7, 11) is 0. The molecular formula is C15H21F3N2O. The van der Waals surface area contributed by atoms with Crippen LogP contribution in [-0.2, 0) is 6.54 Å². The molecule has 21 heavy (non-hydrogen) atoms. The minimum absolute atomic E-state index is 0.179. The molecular weight excluding hydrogens is 281 g/mol. The van der Waals surface area contributed by atoms with Crippen molar-refractivity contribution in [1.29, 1.82) is 0 Å². The Hall–Kier alpha value is -1.27. The smallest absolute Gasteiger partial charge is 0.406 e. The Labute approximate surface area is 123 Å². The number of hydrogen-bond acceptors (Lipinski definition) is 3. The molecule has 2 unspecified atom stereocenters. The van der Waals surface area contributed by atoms with E-state index in [0.717, 1.165) is 18.4 Å². The van der Waals surface area contributed by atoms with E-state index in [2.05, 4.69) is 29.0 Å². The van der Waals surface area contributed by atoms with Gasteiger partial charge in [-0.3, -0.25) is 5.43 Å². The maximum Gasteiger partial charge on any atom is 0.573 e. The number of ether oxygens (including phenoxy) is 1. The standard InChI is InChI=1S/C15H21F3N2O/c1-11-5-3-6-12(2)20(11)19-10-13-7-4-8-14(9-13)21-15(16,17)18/h4,7-9,11-12,19H,3,5-6,10H2,1-2H3. The molecule has 0 spiro atoms. The van der Waals surface area contributed by atoms with Crippen LogP contribution in [0.15, 0.2) is 24.3 Å². The van der Waals surface area contributed by atoms with Crippen LogP contribution in [0.2, 0.25) is 0 Å². The van der Waals surface area contributed by atoms with Gasteiger partial charge >= 0.3 is 6.36 Å². The van der Waals surface area contributed by atoms with Crippen LogP contribution < -0.4 is 10.2 Å². The first kappa shape index (κ1) is 16.1. The summed E-state index contributed by atoms with van der Waals surface area (Å²) in [6.45, 7) is 4.81. The number of nitrogens with zero attached hydrogens (tertiary/aromatic N) is 1. The maximum absolute atomic E-state index is 12.2. The van der Waals surface area contributed by atoms with Gasteiger partial charge in [0.1, 0.15) is 5.75 Å². The minimum Gasteiger partial charge on any atom is -0.406 e. The molecule has 0 saturated carbocycles. The van der Waals surface area contributed by atoms with Crippen LogP contribution in [0, 0.1) is 0 Å². The summed E-state index contributed by atoms with van der Waals surface area (Å²) in [5.41, 5.74) is 4.09. The van der Waals surface area contributed by atoms with Crippen LogP contribution in [0.3, 0.4) is 0 Å². The third kappa shape index (κ3) is 4.89. The van der Waals surface area contributed by atoms with Crippen LogP contribution in [0.1, 0.15) is 38.7 Å². The number of hydrazine groups is 1. The molecule has 0 aliphatic carbocycles. The van der Waals surface area contributed by atoms with Gasteiger partial charge in [0.15, 0.2) is 0 Å². The fourth-order valence-electron chi connectivity index (χ4n) is 2.77. The van der Waals surface area contributed by atoms with Gasteiger partial charge in [0, 0.05) is 18.6 Å². The summed E-state index contributed by atoms with van der Waals surface area (Å²) in [6.07, 6.45) is -1.17. The zero-order valence-electron chi connectivity index (χ0n) is 12.3. The summed E-state index contributed by atoms with van der Waals surface area (Å²) < 4.78 is 40.6. The lowest BCUT2D eigenvalue weighted by Gasteiger charge is -2.39. The van der Waals surface area contributed by atoms with E-state index in [4.69, 9.17) is 0 Å². The predicted molar refractivity (Wildman–Crippen MR) is 74.6 cm³/mol. The molecule has 1 heterocycles. The van der Waals surface area contributed by atoms with Gasteiger partial charge in [-0.2, -0.15) is 0 Å². The Morgan fingerprint density at radius 3 is 2.52 bits per heavy atom. The van der Waals surface area contributed by atoms with E-state index < -0.39 is 6.36 Å². The molecule has 0 aromatic heterocycles. The van der Waals surface area contributed by atoms with Crippen molar-refractivity contribution in [2.75, 3.05) is 0 Å². The topological polar surface area (TPSA) is 24.5 Å². The highest BCUT2D eigenvalue weighted by atomic mass is 19.4. The summed E-state index contributed by atoms with van der Waals surface area (Å²) in [5, 5.41) is 2.20. The van der Waals surface area contributed by atoms with Crippen LogP contribution in [0.5, 0.6) is 5.75 Å². The molecule has 1 aromatic rings. The molecule has 1 saturated heterocycles. The number of rotatable bonds is 4. The van der Waals surface area contributed by atoms with Gasteiger partial charge in [0.25, 0.3) is 0 Å². The van der Waals surface area contributed by atoms with Crippen molar-refractivity contribution in [3.05, 3.63) is 29.8 Å². The van der Waals surface area contributed by atoms with Crippen LogP contribution in [0.4, 0.5) is 13.2 Å². The Balaban J connectivity index is 1.95. The Bertz CT molecular complexity index is 454. The molecule has 1 aliphatic heterocycles. The lowest BCUT2D eigenvalue weighted by molar-refractivity contribution is -0.274. The Morgan fingerprint density at radius 1 is 1.24 bits per heavy atom. The van der Waals surface area contributed by atoms with Gasteiger partial charge in [-0.15, -0.1) is 13.2 Å². The van der Waals surface area contributed by atoms with E-state index in [0.29, 0.717) is 18.6 Å². The van der Waals surface area contributed by atoms with E-state index in [9.17, 15) is 13.2 Å². The molecule has 6 heteroatoms. The first-order valence-corrected chi connectivity index (χ1v) is 7.21. The Kier molecular flexibility index (Phi) is 5.11. The zero-order valence-corrected chi connectivity index (χ0v) is 12.3. The average Bonchev–Trinajstić information content (AvgIpc) is 2.36. The molecule has 1 N–H and O–H groups in total. The number of benzene rings is 1. The molecule has 1 aliphatic rings. The van der Waals surface area contributed by atoms with Crippen LogP contribution >= 0.6 is 0 Å². The number of halogens is 3. The molecule has 1 aromatic carbocycles. The summed E-state index contributed by atoms with van der Waals surface area (Å²) in [5.74, 6) is -0.179. The lowest BCUT2D eigenvalue weighted by atomic mass is 10.00. The van der Waals surface area contributed by atoms with E-state index in [1.54, 1.807) is 12.1 Å². The van der Waals surface area contributed by atoms with Gasteiger partial charge in [0.05, 0.1) is 0 Å². The van der Waals surface area contributed by atoms with E-state index in [-0.39, 0.29) is 5.75 Å². The third-order valence-corrected chi connectivity index (χ3v) is 3.79. The highest BCUT2D eigenvalue weighted by Crippen LogP contribution is 2.24. The van der Waals surface area contributed by atoms with Crippen molar-refractivity contribution < 1.29 is 17.9 Å². The number of hydrogen-bond donors (Lipinski definition) is 1. The maximum atomic E-state index is 12.2. The largest absolute Gasteiger partial charge is 0.573 e. The van der Waals surface area contributed by atoms with Gasteiger partial charge in [-0.25, -0.2) is 5.01 Å². The van der Waals surface area contributed by atoms with Gasteiger partial charge in [0.2, 0.25) is 0 Å². The van der Waals surface area contributed by atoms with Crippen molar-refractivity contribution in [2.45, 2.75) is 58.1 Å². The molecule has 2 atom stereocenters. The van der Waals surface area contributed by atoms with Crippen molar-refractivity contribution >= 4 is 0 Å². The number of nitrogens with one attached hydrogen (secondary N) is 1. The van der Waals surface area contributed by atoms with Crippen LogP contribution in [-0.4, -0.2) is 23.5 Å². The average molecular weight is 302 g/mol. The first-order valence-electron chi connectivity index (χ1n) is 7.21. The zero-order chi connectivity index (χ0) is 15.5. The predicted octanol–water partition coefficient (Wildman–Crippen LogP) is 3.85. The van der Waals surface area contributed by atoms with Crippen molar-refractivity contribution in [3.63, 3.8) is 0 Å². The fourth-order valence-corrected chi connectivity index (χ4v) is 2.77. The minimum atomic E-state index is -4.65. The van der Waals surface area contributed by atoms with Crippen LogP contribution in [0.25, 0.3) is 0 Å². The fraction of sp³-hybridized carbons (Fsp3) is 0.600. The lowest BCUT2D eigenvalue weighted by Crippen LogP contribution is -2.51. The number of piperidine rings is 1. The normalized spacial score (nSPS) is 24.0. The quantitative estimate of drug-likeness (QED) is 0.914. The molecule has 0 amide bonds.